The molecule has 3 N–H and O–H groups in total. The highest BCUT2D eigenvalue weighted by Crippen LogP contribution is 2.30. The van der Waals surface area contributed by atoms with E-state index in [2.05, 4.69) is 0 Å². The average molecular weight is 262 g/mol. The van der Waals surface area contributed by atoms with Crippen molar-refractivity contribution in [1.29, 1.82) is 0 Å². The van der Waals surface area contributed by atoms with Crippen LogP contribution in [0.2, 0.25) is 0 Å². The van der Waals surface area contributed by atoms with Crippen LogP contribution < -0.4 is 5.73 Å². The summed E-state index contributed by atoms with van der Waals surface area (Å²) >= 11 is 0. The Kier molecular flexibility index (Phi) is 4.56. The van der Waals surface area contributed by atoms with Gasteiger partial charge in [0.15, 0.2) is 0 Å². The Morgan fingerprint density at radius 2 is 1.89 bits per heavy atom. The van der Waals surface area contributed by atoms with E-state index >= 15 is 0 Å². The number of carbonyl (C=O) groups is 1. The van der Waals surface area contributed by atoms with Gasteiger partial charge in [-0.1, -0.05) is 30.3 Å². The van der Waals surface area contributed by atoms with Crippen LogP contribution in [0.1, 0.15) is 31.4 Å². The Morgan fingerprint density at radius 1 is 1.32 bits per heavy atom. The zero-order valence-electron chi connectivity index (χ0n) is 11.3. The Balaban J connectivity index is 1.91. The van der Waals surface area contributed by atoms with Gasteiger partial charge < -0.3 is 15.7 Å². The number of nitrogens with zero attached hydrogens (tertiary/aromatic N) is 1. The molecule has 1 heterocycles. The zero-order chi connectivity index (χ0) is 13.8. The van der Waals surface area contributed by atoms with Gasteiger partial charge in [0.2, 0.25) is 5.91 Å². The summed E-state index contributed by atoms with van der Waals surface area (Å²) in [6.45, 7) is 3.09. The standard InChI is InChI=1S/C15H22N2O2/c1-11(16)15(19)17-9-7-13(8-10-17)14(18)12-5-3-2-4-6-12/h2-6,11,13-14,18H,7-10,16H2,1H3/t11-,14?/m1/s1. The van der Waals surface area contributed by atoms with E-state index in [1.165, 1.54) is 0 Å². The minimum absolute atomic E-state index is 0.00708. The number of nitrogens with two attached hydrogens (primary N) is 1. The van der Waals surface area contributed by atoms with E-state index < -0.39 is 12.1 Å². The van der Waals surface area contributed by atoms with E-state index in [4.69, 9.17) is 5.73 Å². The highest BCUT2D eigenvalue weighted by molar-refractivity contribution is 5.81. The third-order valence-corrected chi connectivity index (χ3v) is 3.83. The molecule has 0 spiro atoms. The number of hydrogen-bond acceptors (Lipinski definition) is 3. The largest absolute Gasteiger partial charge is 0.388 e. The summed E-state index contributed by atoms with van der Waals surface area (Å²) in [5, 5.41) is 10.4. The second-order valence-electron chi connectivity index (χ2n) is 5.31. The summed E-state index contributed by atoms with van der Waals surface area (Å²) in [6, 6.07) is 9.28. The molecule has 1 saturated heterocycles. The lowest BCUT2D eigenvalue weighted by atomic mass is 9.87. The van der Waals surface area contributed by atoms with Crippen molar-refractivity contribution >= 4 is 5.91 Å². The Labute approximate surface area is 114 Å². The van der Waals surface area contributed by atoms with Gasteiger partial charge in [-0.05, 0) is 31.2 Å². The van der Waals surface area contributed by atoms with Gasteiger partial charge in [-0.15, -0.1) is 0 Å². The summed E-state index contributed by atoms with van der Waals surface area (Å²) < 4.78 is 0. The molecule has 4 nitrogen and oxygen atoms in total. The number of rotatable bonds is 3. The molecule has 1 aromatic rings. The quantitative estimate of drug-likeness (QED) is 0.863. The fourth-order valence-corrected chi connectivity index (χ4v) is 2.65. The minimum Gasteiger partial charge on any atom is -0.388 e. The Bertz CT molecular complexity index is 411. The second kappa shape index (κ2) is 6.17. The summed E-state index contributed by atoms with van der Waals surface area (Å²) in [4.78, 5) is 13.6. The number of amides is 1. The number of likely N-dealkylation sites (tertiary alicyclic amines) is 1. The van der Waals surface area contributed by atoms with Crippen LogP contribution in [0.5, 0.6) is 0 Å². The molecule has 1 aromatic carbocycles. The predicted octanol–water partition coefficient (Wildman–Crippen LogP) is 1.31. The topological polar surface area (TPSA) is 66.6 Å². The maximum atomic E-state index is 11.8. The Morgan fingerprint density at radius 3 is 2.42 bits per heavy atom. The van der Waals surface area contributed by atoms with Gasteiger partial charge >= 0.3 is 0 Å². The molecule has 2 atom stereocenters. The molecule has 104 valence electrons. The first-order valence-electron chi connectivity index (χ1n) is 6.87. The van der Waals surface area contributed by atoms with Crippen molar-refractivity contribution in [2.75, 3.05) is 13.1 Å². The number of aliphatic hydroxyl groups excluding tert-OH is 1. The fraction of sp³-hybridized carbons (Fsp3) is 0.533. The molecule has 1 unspecified atom stereocenters. The number of carbonyl (C=O) groups excluding carboxylic acids is 1. The van der Waals surface area contributed by atoms with Crippen molar-refractivity contribution in [1.82, 2.24) is 4.90 Å². The number of aliphatic hydroxyl groups is 1. The fourth-order valence-electron chi connectivity index (χ4n) is 2.65. The van der Waals surface area contributed by atoms with Crippen molar-refractivity contribution in [2.24, 2.45) is 11.7 Å². The van der Waals surface area contributed by atoms with Crippen LogP contribution in [0.15, 0.2) is 30.3 Å². The number of hydrogen-bond donors (Lipinski definition) is 2. The third kappa shape index (κ3) is 3.33. The van der Waals surface area contributed by atoms with Crippen LogP contribution in [-0.2, 0) is 4.79 Å². The molecule has 2 rings (SSSR count). The molecular formula is C15H22N2O2. The van der Waals surface area contributed by atoms with Crippen LogP contribution in [0.3, 0.4) is 0 Å². The average Bonchev–Trinajstić information content (AvgIpc) is 2.46. The maximum absolute atomic E-state index is 11.8. The van der Waals surface area contributed by atoms with Gasteiger partial charge in [0.25, 0.3) is 0 Å². The van der Waals surface area contributed by atoms with Crippen LogP contribution in [0.25, 0.3) is 0 Å². The smallest absolute Gasteiger partial charge is 0.239 e. The number of piperidine rings is 1. The van der Waals surface area contributed by atoms with E-state index in [-0.39, 0.29) is 11.8 Å². The molecule has 1 amide bonds. The minimum atomic E-state index is -0.436. The van der Waals surface area contributed by atoms with Crippen molar-refractivity contribution in [3.05, 3.63) is 35.9 Å². The first kappa shape index (κ1) is 14.0. The van der Waals surface area contributed by atoms with Crippen molar-refractivity contribution in [3.8, 4) is 0 Å². The SMILES string of the molecule is C[C@@H](N)C(=O)N1CCC(C(O)c2ccccc2)CC1. The van der Waals surface area contributed by atoms with E-state index in [9.17, 15) is 9.90 Å². The van der Waals surface area contributed by atoms with Gasteiger partial charge in [-0.2, -0.15) is 0 Å². The van der Waals surface area contributed by atoms with E-state index in [0.29, 0.717) is 13.1 Å². The third-order valence-electron chi connectivity index (χ3n) is 3.83. The summed E-state index contributed by atoms with van der Waals surface area (Å²) in [7, 11) is 0. The normalized spacial score (nSPS) is 20.1. The molecule has 1 aliphatic heterocycles. The highest BCUT2D eigenvalue weighted by Gasteiger charge is 2.28. The predicted molar refractivity (Wildman–Crippen MR) is 74.4 cm³/mol. The molecule has 0 saturated carbocycles. The van der Waals surface area contributed by atoms with Crippen molar-refractivity contribution < 1.29 is 9.90 Å². The molecule has 0 radical (unpaired) electrons. The summed E-state index contributed by atoms with van der Waals surface area (Å²) in [6.07, 6.45) is 1.22. The van der Waals surface area contributed by atoms with Crippen LogP contribution in [0, 0.1) is 5.92 Å². The van der Waals surface area contributed by atoms with E-state index in [0.717, 1.165) is 18.4 Å². The van der Waals surface area contributed by atoms with Gasteiger partial charge in [-0.25, -0.2) is 0 Å². The molecule has 0 bridgehead atoms. The molecule has 0 aromatic heterocycles. The van der Waals surface area contributed by atoms with Crippen LogP contribution in [-0.4, -0.2) is 35.0 Å². The molecule has 0 aliphatic carbocycles. The second-order valence-corrected chi connectivity index (χ2v) is 5.31. The lowest BCUT2D eigenvalue weighted by Gasteiger charge is -2.35. The number of benzene rings is 1. The molecule has 1 fully saturated rings. The summed E-state index contributed by atoms with van der Waals surface area (Å²) in [5.41, 5.74) is 6.57. The first-order chi connectivity index (χ1) is 9.09. The molecular weight excluding hydrogens is 240 g/mol. The summed E-state index contributed by atoms with van der Waals surface area (Å²) in [5.74, 6) is 0.229. The van der Waals surface area contributed by atoms with Crippen molar-refractivity contribution in [2.45, 2.75) is 31.9 Å². The Hall–Kier alpha value is -1.39. The van der Waals surface area contributed by atoms with Crippen molar-refractivity contribution in [3.63, 3.8) is 0 Å². The lowest BCUT2D eigenvalue weighted by Crippen LogP contribution is -2.46. The van der Waals surface area contributed by atoms with Crippen LogP contribution >= 0.6 is 0 Å². The van der Waals surface area contributed by atoms with E-state index in [1.807, 2.05) is 30.3 Å². The molecule has 19 heavy (non-hydrogen) atoms. The van der Waals surface area contributed by atoms with Gasteiger partial charge in [0.1, 0.15) is 0 Å². The highest BCUT2D eigenvalue weighted by atomic mass is 16.3. The first-order valence-corrected chi connectivity index (χ1v) is 6.87. The molecule has 1 aliphatic rings. The maximum Gasteiger partial charge on any atom is 0.239 e. The van der Waals surface area contributed by atoms with Gasteiger partial charge in [0.05, 0.1) is 12.1 Å². The lowest BCUT2D eigenvalue weighted by molar-refractivity contribution is -0.134. The monoisotopic (exact) mass is 262 g/mol. The van der Waals surface area contributed by atoms with E-state index in [1.54, 1.807) is 11.8 Å². The van der Waals surface area contributed by atoms with Gasteiger partial charge in [0, 0.05) is 13.1 Å². The van der Waals surface area contributed by atoms with Crippen LogP contribution in [0.4, 0.5) is 0 Å². The van der Waals surface area contributed by atoms with Gasteiger partial charge in [-0.3, -0.25) is 4.79 Å². The molecule has 4 heteroatoms. The zero-order valence-corrected chi connectivity index (χ0v) is 11.3.